The van der Waals surface area contributed by atoms with E-state index in [0.717, 1.165) is 18.7 Å². The van der Waals surface area contributed by atoms with Gasteiger partial charge in [0, 0.05) is 31.7 Å². The second-order valence-electron chi connectivity index (χ2n) is 7.70. The van der Waals surface area contributed by atoms with E-state index in [9.17, 15) is 4.79 Å². The molecule has 0 radical (unpaired) electrons. The molecule has 0 bridgehead atoms. The van der Waals surface area contributed by atoms with Gasteiger partial charge in [0.15, 0.2) is 11.5 Å². The van der Waals surface area contributed by atoms with Crippen LogP contribution in [0, 0.1) is 0 Å². The van der Waals surface area contributed by atoms with Crippen LogP contribution in [-0.2, 0) is 11.3 Å². The summed E-state index contributed by atoms with van der Waals surface area (Å²) in [6.45, 7) is 11.2. The Hall–Kier alpha value is -1.99. The number of rotatable bonds is 7. The van der Waals surface area contributed by atoms with E-state index < -0.39 is 0 Å². The molecule has 1 heterocycles. The van der Waals surface area contributed by atoms with Crippen molar-refractivity contribution in [2.24, 2.45) is 0 Å². The maximum atomic E-state index is 12.2. The number of urea groups is 1. The van der Waals surface area contributed by atoms with Gasteiger partial charge in [0.25, 0.3) is 0 Å². The van der Waals surface area contributed by atoms with E-state index in [4.69, 9.17) is 14.2 Å². The average Bonchev–Trinajstić information content (AvgIpc) is 2.63. The summed E-state index contributed by atoms with van der Waals surface area (Å²) >= 11 is 0. The third kappa shape index (κ3) is 6.01. The number of hydrogen-bond donors (Lipinski definition) is 2. The highest BCUT2D eigenvalue weighted by Crippen LogP contribution is 2.27. The van der Waals surface area contributed by atoms with Crippen molar-refractivity contribution in [3.05, 3.63) is 23.8 Å². The van der Waals surface area contributed by atoms with Crippen LogP contribution < -0.4 is 20.1 Å². The Labute approximate surface area is 162 Å². The quantitative estimate of drug-likeness (QED) is 0.761. The topological polar surface area (TPSA) is 72.1 Å². The number of amides is 2. The van der Waals surface area contributed by atoms with E-state index in [1.165, 1.54) is 0 Å². The number of ether oxygens (including phenoxy) is 3. The Morgan fingerprint density at radius 2 is 1.78 bits per heavy atom. The van der Waals surface area contributed by atoms with Crippen LogP contribution >= 0.6 is 0 Å². The molecule has 0 aromatic heterocycles. The second kappa shape index (κ2) is 9.28. The van der Waals surface area contributed by atoms with E-state index >= 15 is 0 Å². The van der Waals surface area contributed by atoms with Crippen LogP contribution in [0.25, 0.3) is 0 Å². The van der Waals surface area contributed by atoms with Crippen LogP contribution in [0.4, 0.5) is 4.79 Å². The number of methoxy groups -OCH3 is 2. The predicted octanol–water partition coefficient (Wildman–Crippen LogP) is 2.39. The molecule has 27 heavy (non-hydrogen) atoms. The van der Waals surface area contributed by atoms with Crippen molar-refractivity contribution in [3.8, 4) is 11.5 Å². The van der Waals surface area contributed by atoms with Crippen molar-refractivity contribution in [3.63, 3.8) is 0 Å². The zero-order valence-electron chi connectivity index (χ0n) is 17.3. The first-order valence-corrected chi connectivity index (χ1v) is 9.38. The number of morpholine rings is 1. The van der Waals surface area contributed by atoms with Crippen LogP contribution in [0.3, 0.4) is 0 Å². The maximum Gasteiger partial charge on any atom is 0.315 e. The first-order chi connectivity index (χ1) is 12.7. The minimum Gasteiger partial charge on any atom is -0.493 e. The van der Waals surface area contributed by atoms with Gasteiger partial charge in [-0.25, -0.2) is 4.79 Å². The third-order valence-electron chi connectivity index (χ3n) is 4.86. The summed E-state index contributed by atoms with van der Waals surface area (Å²) in [6.07, 6.45) is 0.402. The molecular weight excluding hydrogens is 346 g/mol. The van der Waals surface area contributed by atoms with Gasteiger partial charge in [0.2, 0.25) is 0 Å². The minimum absolute atomic E-state index is 0.146. The molecular formula is C20H33N3O4. The van der Waals surface area contributed by atoms with Crippen molar-refractivity contribution in [2.45, 2.75) is 52.0 Å². The molecule has 1 aliphatic heterocycles. The molecule has 1 aliphatic rings. The zero-order valence-corrected chi connectivity index (χ0v) is 17.3. The number of carbonyl (C=O) groups excluding carboxylic acids is 1. The van der Waals surface area contributed by atoms with E-state index in [-0.39, 0.29) is 23.8 Å². The summed E-state index contributed by atoms with van der Waals surface area (Å²) in [6, 6.07) is 5.41. The normalized spacial score (nSPS) is 20.8. The van der Waals surface area contributed by atoms with Crippen LogP contribution in [0.1, 0.15) is 33.3 Å². The van der Waals surface area contributed by atoms with Gasteiger partial charge in [-0.2, -0.15) is 0 Å². The fourth-order valence-corrected chi connectivity index (χ4v) is 3.32. The standard InChI is InChI=1S/C20H33N3O4/c1-14-11-23(12-15(2)27-14)20(3,4)13-22-19(24)21-10-16-7-8-17(25-5)18(9-16)26-6/h7-9,14-15H,10-13H2,1-6H3,(H2,21,22,24)/t14-,15+. The second-order valence-corrected chi connectivity index (χ2v) is 7.70. The lowest BCUT2D eigenvalue weighted by atomic mass is 10.00. The van der Waals surface area contributed by atoms with E-state index in [2.05, 4.69) is 43.2 Å². The Morgan fingerprint density at radius 3 is 2.37 bits per heavy atom. The zero-order chi connectivity index (χ0) is 20.0. The van der Waals surface area contributed by atoms with Gasteiger partial charge in [-0.05, 0) is 45.4 Å². The maximum absolute atomic E-state index is 12.2. The molecule has 1 saturated heterocycles. The molecule has 1 aromatic carbocycles. The SMILES string of the molecule is COc1ccc(CNC(=O)NCC(C)(C)N2C[C@@H](C)O[C@@H](C)C2)cc1OC. The predicted molar refractivity (Wildman–Crippen MR) is 105 cm³/mol. The monoisotopic (exact) mass is 379 g/mol. The average molecular weight is 380 g/mol. The minimum atomic E-state index is -0.188. The van der Waals surface area contributed by atoms with Crippen LogP contribution in [0.15, 0.2) is 18.2 Å². The lowest BCUT2D eigenvalue weighted by Crippen LogP contribution is -2.59. The van der Waals surface area contributed by atoms with Gasteiger partial charge in [-0.3, -0.25) is 4.90 Å². The molecule has 2 atom stereocenters. The molecule has 1 fully saturated rings. The Morgan fingerprint density at radius 1 is 1.15 bits per heavy atom. The lowest BCUT2D eigenvalue weighted by molar-refractivity contribution is -0.0947. The molecule has 0 spiro atoms. The molecule has 7 nitrogen and oxygen atoms in total. The van der Waals surface area contributed by atoms with Crippen molar-refractivity contribution in [1.29, 1.82) is 0 Å². The highest BCUT2D eigenvalue weighted by molar-refractivity contribution is 5.73. The van der Waals surface area contributed by atoms with Gasteiger partial charge in [0.1, 0.15) is 0 Å². The van der Waals surface area contributed by atoms with Gasteiger partial charge in [-0.15, -0.1) is 0 Å². The van der Waals surface area contributed by atoms with E-state index in [0.29, 0.717) is 24.6 Å². The smallest absolute Gasteiger partial charge is 0.315 e. The number of nitrogens with one attached hydrogen (secondary N) is 2. The Bertz CT molecular complexity index is 626. The van der Waals surface area contributed by atoms with Crippen molar-refractivity contribution in [2.75, 3.05) is 33.9 Å². The summed E-state index contributed by atoms with van der Waals surface area (Å²) in [5, 5.41) is 5.87. The molecule has 2 N–H and O–H groups in total. The lowest BCUT2D eigenvalue weighted by Gasteiger charge is -2.45. The summed E-state index contributed by atoms with van der Waals surface area (Å²) in [5.41, 5.74) is 0.797. The van der Waals surface area contributed by atoms with Crippen molar-refractivity contribution in [1.82, 2.24) is 15.5 Å². The Balaban J connectivity index is 1.83. The van der Waals surface area contributed by atoms with Gasteiger partial charge < -0.3 is 24.8 Å². The summed E-state index contributed by atoms with van der Waals surface area (Å²) in [5.74, 6) is 1.32. The summed E-state index contributed by atoms with van der Waals surface area (Å²) in [7, 11) is 3.19. The number of hydrogen-bond acceptors (Lipinski definition) is 5. The van der Waals surface area contributed by atoms with E-state index in [1.54, 1.807) is 14.2 Å². The van der Waals surface area contributed by atoms with Gasteiger partial charge in [0.05, 0.1) is 26.4 Å². The molecule has 0 saturated carbocycles. The fraction of sp³-hybridized carbons (Fsp3) is 0.650. The largest absolute Gasteiger partial charge is 0.493 e. The fourth-order valence-electron chi connectivity index (χ4n) is 3.32. The Kier molecular flexibility index (Phi) is 7.33. The molecule has 0 unspecified atom stereocenters. The first-order valence-electron chi connectivity index (χ1n) is 9.38. The summed E-state index contributed by atoms with van der Waals surface area (Å²) < 4.78 is 16.3. The van der Waals surface area contributed by atoms with Gasteiger partial charge in [-0.1, -0.05) is 6.07 Å². The van der Waals surface area contributed by atoms with E-state index in [1.807, 2.05) is 18.2 Å². The molecule has 7 heteroatoms. The van der Waals surface area contributed by atoms with Crippen LogP contribution in [0.2, 0.25) is 0 Å². The van der Waals surface area contributed by atoms with Gasteiger partial charge >= 0.3 is 6.03 Å². The number of nitrogens with zero attached hydrogens (tertiary/aromatic N) is 1. The molecule has 2 rings (SSSR count). The number of benzene rings is 1. The highest BCUT2D eigenvalue weighted by atomic mass is 16.5. The summed E-state index contributed by atoms with van der Waals surface area (Å²) in [4.78, 5) is 14.6. The first kappa shape index (κ1) is 21.3. The molecule has 152 valence electrons. The van der Waals surface area contributed by atoms with Crippen LogP contribution in [0.5, 0.6) is 11.5 Å². The number of carbonyl (C=O) groups is 1. The highest BCUT2D eigenvalue weighted by Gasteiger charge is 2.33. The third-order valence-corrected chi connectivity index (χ3v) is 4.86. The molecule has 2 amide bonds. The van der Waals surface area contributed by atoms with Crippen molar-refractivity contribution >= 4 is 6.03 Å². The molecule has 0 aliphatic carbocycles. The van der Waals surface area contributed by atoms with Crippen LogP contribution in [-0.4, -0.2) is 62.5 Å². The molecule has 1 aromatic rings. The van der Waals surface area contributed by atoms with Crippen molar-refractivity contribution < 1.29 is 19.0 Å².